The van der Waals surface area contributed by atoms with Crippen LogP contribution in [0.25, 0.3) is 0 Å². The number of carbonyl (C=O) groups is 2. The van der Waals surface area contributed by atoms with E-state index in [2.05, 4.69) is 15.2 Å². The second-order valence-corrected chi connectivity index (χ2v) is 13.5. The van der Waals surface area contributed by atoms with E-state index in [1.807, 2.05) is 27.7 Å². The van der Waals surface area contributed by atoms with Crippen molar-refractivity contribution < 1.29 is 43.1 Å². The van der Waals surface area contributed by atoms with E-state index in [1.54, 1.807) is 0 Å². The Kier molecular flexibility index (Phi) is 10.2. The highest BCUT2D eigenvalue weighted by atomic mass is 31.2. The van der Waals surface area contributed by atoms with E-state index in [0.29, 0.717) is 0 Å². The number of rotatable bonds is 14. The molecule has 2 heterocycles. The van der Waals surface area contributed by atoms with Crippen LogP contribution in [0.1, 0.15) is 59.9 Å². The van der Waals surface area contributed by atoms with Gasteiger partial charge in [-0.05, 0) is 31.6 Å². The molecule has 1 aromatic rings. The van der Waals surface area contributed by atoms with E-state index in [0.717, 1.165) is 10.6 Å². The van der Waals surface area contributed by atoms with Crippen LogP contribution >= 0.6 is 7.67 Å². The molecule has 5 atom stereocenters. The lowest BCUT2D eigenvalue weighted by Gasteiger charge is -2.54. The standard InChI is InChI=1S/C26H41N4O11P/c1-14(2)10-16(22(33)38-6)28-42(37,29-17(11-15(3)4)23(34)39-7)40-13-18-21(32)26(36)19(12-25(26,5)41-18)30-9-8-20(31)27-24(30)35/h8-9,14-17,19,32,36H,10-13H2,1-7H3,(H,27,31,35)(H2,28,29,37). The molecular weight excluding hydrogens is 575 g/mol. The average Bonchev–Trinajstić information content (AvgIpc) is 3.04. The van der Waals surface area contributed by atoms with Crippen molar-refractivity contribution in [2.75, 3.05) is 20.8 Å². The highest BCUT2D eigenvalue weighted by Crippen LogP contribution is 2.61. The van der Waals surface area contributed by atoms with Crippen LogP contribution in [-0.2, 0) is 32.9 Å². The van der Waals surface area contributed by atoms with Gasteiger partial charge in [0.15, 0.2) is 17.1 Å². The molecule has 1 saturated carbocycles. The fraction of sp³-hybridized carbons (Fsp3) is 0.692. The number of ether oxygens (including phenoxy) is 3. The topological polar surface area (TPSA) is 208 Å². The van der Waals surface area contributed by atoms with Crippen molar-refractivity contribution >= 4 is 19.6 Å². The molecule has 15 nitrogen and oxygen atoms in total. The Morgan fingerprint density at radius 3 is 2.10 bits per heavy atom. The van der Waals surface area contributed by atoms with Gasteiger partial charge in [0, 0.05) is 18.7 Å². The summed E-state index contributed by atoms with van der Waals surface area (Å²) in [4.78, 5) is 51.1. The van der Waals surface area contributed by atoms with Crippen molar-refractivity contribution in [2.45, 2.75) is 83.2 Å². The summed E-state index contributed by atoms with van der Waals surface area (Å²) in [6, 6.07) is -2.06. The van der Waals surface area contributed by atoms with Crippen LogP contribution in [-0.4, -0.2) is 75.8 Å². The highest BCUT2D eigenvalue weighted by molar-refractivity contribution is 7.54. The lowest BCUT2D eigenvalue weighted by Crippen LogP contribution is -2.68. The number of nitrogens with one attached hydrogen (secondary N) is 3. The molecule has 0 aromatic carbocycles. The van der Waals surface area contributed by atoms with Crippen molar-refractivity contribution in [3.8, 4) is 0 Å². The number of aromatic amines is 1. The maximum absolute atomic E-state index is 14.2. The highest BCUT2D eigenvalue weighted by Gasteiger charge is 2.72. The molecule has 5 unspecified atom stereocenters. The van der Waals surface area contributed by atoms with Crippen LogP contribution < -0.4 is 21.4 Å². The van der Waals surface area contributed by atoms with Gasteiger partial charge in [0.25, 0.3) is 5.56 Å². The Balaban J connectivity index is 1.94. The number of hydrogen-bond acceptors (Lipinski definition) is 11. The molecule has 2 aliphatic rings. The zero-order chi connectivity index (χ0) is 31.6. The minimum absolute atomic E-state index is 0.0230. The Bertz CT molecular complexity index is 1340. The lowest BCUT2D eigenvalue weighted by atomic mass is 9.62. The van der Waals surface area contributed by atoms with Crippen LogP contribution in [0, 0.1) is 11.8 Å². The molecule has 0 saturated heterocycles. The van der Waals surface area contributed by atoms with Crippen molar-refractivity contribution in [3.63, 3.8) is 0 Å². The van der Waals surface area contributed by atoms with Gasteiger partial charge in [-0.15, -0.1) is 0 Å². The Labute approximate surface area is 243 Å². The molecule has 42 heavy (non-hydrogen) atoms. The van der Waals surface area contributed by atoms with Crippen LogP contribution in [0.15, 0.2) is 33.4 Å². The second kappa shape index (κ2) is 12.7. The number of H-pyrrole nitrogens is 1. The zero-order valence-corrected chi connectivity index (χ0v) is 25.7. The SMILES string of the molecule is COC(=O)C(CC(C)C)NP(=O)(NC(CC(C)C)C(=O)OC)OCC1=C(O)C2(O)C(n3ccc(=O)[nH]c3=O)CC2(C)O1. The van der Waals surface area contributed by atoms with E-state index >= 15 is 0 Å². The van der Waals surface area contributed by atoms with E-state index < -0.39 is 72.6 Å². The van der Waals surface area contributed by atoms with Gasteiger partial charge >= 0.3 is 25.3 Å². The minimum atomic E-state index is -4.31. The smallest absolute Gasteiger partial charge is 0.342 e. The molecule has 1 fully saturated rings. The van der Waals surface area contributed by atoms with Gasteiger partial charge in [-0.25, -0.2) is 15.0 Å². The molecule has 0 spiro atoms. The van der Waals surface area contributed by atoms with E-state index in [-0.39, 0.29) is 36.9 Å². The molecule has 1 aromatic heterocycles. The fourth-order valence-corrected chi connectivity index (χ4v) is 7.09. The van der Waals surface area contributed by atoms with Crippen molar-refractivity contribution in [1.29, 1.82) is 0 Å². The molecule has 3 rings (SSSR count). The average molecular weight is 617 g/mol. The third-order valence-electron chi connectivity index (χ3n) is 7.45. The molecular formula is C26H41N4O11P. The first-order chi connectivity index (χ1) is 19.5. The first-order valence-corrected chi connectivity index (χ1v) is 15.2. The maximum Gasteiger partial charge on any atom is 0.342 e. The van der Waals surface area contributed by atoms with Crippen LogP contribution in [0.2, 0.25) is 0 Å². The van der Waals surface area contributed by atoms with Crippen molar-refractivity contribution in [2.24, 2.45) is 11.8 Å². The Morgan fingerprint density at radius 2 is 1.64 bits per heavy atom. The van der Waals surface area contributed by atoms with Gasteiger partial charge in [0.2, 0.25) is 0 Å². The van der Waals surface area contributed by atoms with Crippen LogP contribution in [0.3, 0.4) is 0 Å². The van der Waals surface area contributed by atoms with Crippen LogP contribution in [0.5, 0.6) is 0 Å². The maximum atomic E-state index is 14.2. The van der Waals surface area contributed by atoms with Gasteiger partial charge < -0.3 is 24.4 Å². The summed E-state index contributed by atoms with van der Waals surface area (Å²) in [5.74, 6) is -2.37. The summed E-state index contributed by atoms with van der Waals surface area (Å²) >= 11 is 0. The normalized spacial score (nSPS) is 26.2. The zero-order valence-electron chi connectivity index (χ0n) is 24.8. The number of aromatic nitrogens is 2. The predicted molar refractivity (Wildman–Crippen MR) is 149 cm³/mol. The molecule has 0 radical (unpaired) electrons. The summed E-state index contributed by atoms with van der Waals surface area (Å²) in [5.41, 5.74) is -4.85. The van der Waals surface area contributed by atoms with Gasteiger partial charge in [-0.1, -0.05) is 27.7 Å². The number of hydrogen-bond donors (Lipinski definition) is 5. The van der Waals surface area contributed by atoms with E-state index in [1.165, 1.54) is 27.3 Å². The van der Waals surface area contributed by atoms with Crippen molar-refractivity contribution in [1.82, 2.24) is 19.7 Å². The molecule has 236 valence electrons. The lowest BCUT2D eigenvalue weighted by molar-refractivity contribution is -0.218. The molecule has 16 heteroatoms. The number of esters is 2. The molecule has 0 amide bonds. The first kappa shape index (κ1) is 33.5. The summed E-state index contributed by atoms with van der Waals surface area (Å²) in [6.45, 7) is 8.27. The predicted octanol–water partition coefficient (Wildman–Crippen LogP) is 1.25. The summed E-state index contributed by atoms with van der Waals surface area (Å²) in [5, 5.41) is 28.0. The Hall–Kier alpha value is -2.97. The summed E-state index contributed by atoms with van der Waals surface area (Å²) in [6.07, 6.45) is 1.71. The molecule has 1 aliphatic carbocycles. The van der Waals surface area contributed by atoms with E-state index in [9.17, 15) is 34.0 Å². The Morgan fingerprint density at radius 1 is 1.12 bits per heavy atom. The second-order valence-electron chi connectivity index (χ2n) is 11.6. The molecule has 1 aliphatic heterocycles. The summed E-state index contributed by atoms with van der Waals surface area (Å²) < 4.78 is 36.7. The van der Waals surface area contributed by atoms with Crippen molar-refractivity contribution in [3.05, 3.63) is 44.6 Å². The van der Waals surface area contributed by atoms with Gasteiger partial charge in [0.1, 0.15) is 24.3 Å². The monoisotopic (exact) mass is 616 g/mol. The third-order valence-corrected chi connectivity index (χ3v) is 9.24. The van der Waals surface area contributed by atoms with E-state index in [4.69, 9.17) is 18.7 Å². The number of methoxy groups -OCH3 is 2. The largest absolute Gasteiger partial charge is 0.506 e. The van der Waals surface area contributed by atoms with Gasteiger partial charge in [0.05, 0.1) is 20.3 Å². The van der Waals surface area contributed by atoms with Crippen LogP contribution in [0.4, 0.5) is 0 Å². The van der Waals surface area contributed by atoms with Gasteiger partial charge in [-0.2, -0.15) is 0 Å². The van der Waals surface area contributed by atoms with Gasteiger partial charge in [-0.3, -0.25) is 33.0 Å². The number of aliphatic hydroxyl groups excluding tert-OH is 1. The number of aliphatic hydroxyl groups is 2. The first-order valence-electron chi connectivity index (χ1n) is 13.6. The third kappa shape index (κ3) is 6.65. The number of carbonyl (C=O) groups excluding carboxylic acids is 2. The molecule has 5 N–H and O–H groups in total. The summed E-state index contributed by atoms with van der Waals surface area (Å²) in [7, 11) is -1.94. The fourth-order valence-electron chi connectivity index (χ4n) is 5.33. The quantitative estimate of drug-likeness (QED) is 0.147. The minimum Gasteiger partial charge on any atom is -0.506 e. The molecule has 0 bridgehead atoms. The number of fused-ring (bicyclic) bond motifs is 1. The number of nitrogens with zero attached hydrogens (tertiary/aromatic N) is 1.